The Morgan fingerprint density at radius 3 is 1.06 bits per heavy atom. The van der Waals surface area contributed by atoms with Crippen molar-refractivity contribution in [3.05, 3.63) is 59.7 Å². The third-order valence-electron chi connectivity index (χ3n) is 11.2. The highest BCUT2D eigenvalue weighted by Gasteiger charge is 2.25. The molecule has 0 aliphatic heterocycles. The van der Waals surface area contributed by atoms with Gasteiger partial charge in [-0.2, -0.15) is 0 Å². The van der Waals surface area contributed by atoms with E-state index in [0.29, 0.717) is 137 Å². The van der Waals surface area contributed by atoms with Crippen molar-refractivity contribution in [3.8, 4) is 34.5 Å². The molecular weight excluding hydrogens is 817 g/mol. The SMILES string of the molecule is CCCCOCCOc1cc2c(O)c(C=O)cc(OCCOCCCC)c2c2c1ccc1ccc3c(OCCOCCCC)cc4c(O)c(C=O)cc(OCCOCCCC)c4c3c12. The summed E-state index contributed by atoms with van der Waals surface area (Å²) in [6, 6.07) is 14.5. The lowest BCUT2D eigenvalue weighted by Gasteiger charge is -2.21. The Labute approximate surface area is 375 Å². The molecule has 12 heteroatoms. The zero-order valence-electron chi connectivity index (χ0n) is 37.9. The van der Waals surface area contributed by atoms with Gasteiger partial charge in [0.2, 0.25) is 0 Å². The molecule has 0 bridgehead atoms. The number of carbonyl (C=O) groups excluding carboxylic acids is 2. The first-order valence-corrected chi connectivity index (χ1v) is 23.0. The number of aldehydes is 2. The Kier molecular flexibility index (Phi) is 18.5. The molecule has 6 rings (SSSR count). The predicted molar refractivity (Wildman–Crippen MR) is 253 cm³/mol. The third kappa shape index (κ3) is 11.3. The van der Waals surface area contributed by atoms with E-state index >= 15 is 0 Å². The van der Waals surface area contributed by atoms with Gasteiger partial charge in [-0.25, -0.2) is 0 Å². The molecule has 6 aromatic rings. The second kappa shape index (κ2) is 24.6. The van der Waals surface area contributed by atoms with Crippen molar-refractivity contribution in [2.75, 3.05) is 79.3 Å². The van der Waals surface area contributed by atoms with Crippen LogP contribution in [0.5, 0.6) is 34.5 Å². The van der Waals surface area contributed by atoms with Crippen molar-refractivity contribution in [1.82, 2.24) is 0 Å². The van der Waals surface area contributed by atoms with Gasteiger partial charge in [0, 0.05) is 69.5 Å². The van der Waals surface area contributed by atoms with Crippen molar-refractivity contribution in [3.63, 3.8) is 0 Å². The molecule has 344 valence electrons. The number of benzene rings is 6. The van der Waals surface area contributed by atoms with E-state index in [1.165, 1.54) is 0 Å². The Morgan fingerprint density at radius 1 is 0.391 bits per heavy atom. The first-order chi connectivity index (χ1) is 31.4. The second-order valence-electron chi connectivity index (χ2n) is 15.8. The molecule has 0 saturated carbocycles. The summed E-state index contributed by atoms with van der Waals surface area (Å²) < 4.78 is 49.4. The third-order valence-corrected chi connectivity index (χ3v) is 11.2. The average molecular weight is 881 g/mol. The van der Waals surface area contributed by atoms with Crippen LogP contribution in [0.1, 0.15) is 99.8 Å². The Balaban J connectivity index is 1.70. The molecule has 0 fully saturated rings. The topological polar surface area (TPSA) is 148 Å². The lowest BCUT2D eigenvalue weighted by atomic mass is 9.88. The number of hydrogen-bond acceptors (Lipinski definition) is 12. The van der Waals surface area contributed by atoms with E-state index in [4.69, 9.17) is 37.9 Å². The van der Waals surface area contributed by atoms with Crippen molar-refractivity contribution in [1.29, 1.82) is 0 Å². The summed E-state index contributed by atoms with van der Waals surface area (Å²) in [4.78, 5) is 25.1. The predicted octanol–water partition coefficient (Wildman–Crippen LogP) is 11.3. The van der Waals surface area contributed by atoms with Crippen molar-refractivity contribution >= 4 is 66.4 Å². The molecule has 6 aromatic carbocycles. The van der Waals surface area contributed by atoms with Crippen LogP contribution < -0.4 is 18.9 Å². The monoisotopic (exact) mass is 880 g/mol. The molecule has 12 nitrogen and oxygen atoms in total. The minimum absolute atomic E-state index is 0.0538. The molecule has 0 aliphatic carbocycles. The van der Waals surface area contributed by atoms with Crippen molar-refractivity contribution in [2.45, 2.75) is 79.1 Å². The number of phenolic OH excluding ortho intramolecular Hbond substituents is 2. The fraction of sp³-hybridized carbons (Fsp3) is 0.462. The molecule has 0 radical (unpaired) electrons. The lowest BCUT2D eigenvalue weighted by Crippen LogP contribution is -2.09. The van der Waals surface area contributed by atoms with E-state index in [9.17, 15) is 19.8 Å². The number of fused-ring (bicyclic) bond motifs is 9. The Morgan fingerprint density at radius 2 is 0.734 bits per heavy atom. The van der Waals surface area contributed by atoms with Crippen LogP contribution in [0.4, 0.5) is 0 Å². The smallest absolute Gasteiger partial charge is 0.153 e. The maximum atomic E-state index is 12.5. The zero-order chi connectivity index (χ0) is 45.3. The van der Waals surface area contributed by atoms with Crippen LogP contribution in [0.3, 0.4) is 0 Å². The molecule has 0 heterocycles. The number of rotatable bonds is 30. The first kappa shape index (κ1) is 48.1. The van der Waals surface area contributed by atoms with Gasteiger partial charge in [-0.15, -0.1) is 0 Å². The summed E-state index contributed by atoms with van der Waals surface area (Å²) in [6.07, 6.45) is 8.92. The van der Waals surface area contributed by atoms with Crippen LogP contribution in [0.2, 0.25) is 0 Å². The highest BCUT2D eigenvalue weighted by atomic mass is 16.5. The molecule has 64 heavy (non-hydrogen) atoms. The number of ether oxygens (including phenoxy) is 8. The van der Waals surface area contributed by atoms with E-state index in [-0.39, 0.29) is 49.1 Å². The van der Waals surface area contributed by atoms with Crippen LogP contribution in [0.15, 0.2) is 48.5 Å². The van der Waals surface area contributed by atoms with Crippen LogP contribution >= 0.6 is 0 Å². The summed E-state index contributed by atoms with van der Waals surface area (Å²) in [5.41, 5.74) is 0.108. The normalized spacial score (nSPS) is 11.6. The van der Waals surface area contributed by atoms with Gasteiger partial charge in [0.1, 0.15) is 60.9 Å². The Hall–Kier alpha value is -5.40. The number of hydrogen-bond donors (Lipinski definition) is 2. The van der Waals surface area contributed by atoms with Crippen LogP contribution in [0.25, 0.3) is 53.9 Å². The maximum Gasteiger partial charge on any atom is 0.153 e. The van der Waals surface area contributed by atoms with Crippen molar-refractivity contribution in [2.24, 2.45) is 0 Å². The van der Waals surface area contributed by atoms with Crippen molar-refractivity contribution < 1.29 is 57.7 Å². The van der Waals surface area contributed by atoms with Crippen LogP contribution in [0, 0.1) is 0 Å². The molecule has 0 atom stereocenters. The van der Waals surface area contributed by atoms with E-state index in [1.807, 2.05) is 24.3 Å². The zero-order valence-corrected chi connectivity index (χ0v) is 37.9. The van der Waals surface area contributed by atoms with Gasteiger partial charge in [-0.1, -0.05) is 65.5 Å². The molecule has 0 saturated heterocycles. The highest BCUT2D eigenvalue weighted by molar-refractivity contribution is 6.36. The summed E-state index contributed by atoms with van der Waals surface area (Å²) in [5, 5.41) is 29.7. The molecule has 2 N–H and O–H groups in total. The van der Waals surface area contributed by atoms with Gasteiger partial charge >= 0.3 is 0 Å². The minimum Gasteiger partial charge on any atom is -0.507 e. The Bertz CT molecular complexity index is 2330. The fourth-order valence-corrected chi connectivity index (χ4v) is 7.82. The molecule has 0 aliphatic rings. The van der Waals surface area contributed by atoms with Crippen LogP contribution in [-0.4, -0.2) is 102 Å². The molecule has 0 unspecified atom stereocenters. The van der Waals surface area contributed by atoms with Crippen LogP contribution in [-0.2, 0) is 18.9 Å². The largest absolute Gasteiger partial charge is 0.507 e. The summed E-state index contributed by atoms with van der Waals surface area (Å²) in [5.74, 6) is 1.20. The van der Waals surface area contributed by atoms with Gasteiger partial charge in [0.25, 0.3) is 0 Å². The van der Waals surface area contributed by atoms with Gasteiger partial charge in [-0.05, 0) is 72.9 Å². The molecule has 0 amide bonds. The molecule has 0 spiro atoms. The van der Waals surface area contributed by atoms with E-state index < -0.39 is 0 Å². The van der Waals surface area contributed by atoms with Gasteiger partial charge in [0.05, 0.1) is 37.6 Å². The van der Waals surface area contributed by atoms with Gasteiger partial charge in [0.15, 0.2) is 12.6 Å². The quantitative estimate of drug-likeness (QED) is 0.0252. The molecular formula is C52H64O12. The minimum atomic E-state index is -0.225. The standard InChI is InChI=1S/C52H64O12/c1-5-9-17-57-21-25-61-42-31-40-47(44(29-36(33-53)51(40)55)63-27-23-59-19-11-7-3)49-38(42)15-13-35-14-16-39-43(62-26-22-58-18-10-6-2)32-41-48(50(39)46(35)49)45(30-37(34-54)52(41)56)64-28-24-60-20-12-8-4/h13-16,29-34,55-56H,5-12,17-28H2,1-4H3. The fourth-order valence-electron chi connectivity index (χ4n) is 7.82. The van der Waals surface area contributed by atoms with E-state index in [0.717, 1.165) is 56.8 Å². The highest BCUT2D eigenvalue weighted by Crippen LogP contribution is 2.51. The summed E-state index contributed by atoms with van der Waals surface area (Å²) in [6.45, 7) is 13.0. The summed E-state index contributed by atoms with van der Waals surface area (Å²) >= 11 is 0. The summed E-state index contributed by atoms with van der Waals surface area (Å²) in [7, 11) is 0. The number of unbranched alkanes of at least 4 members (excludes halogenated alkanes) is 4. The second-order valence-corrected chi connectivity index (χ2v) is 15.8. The lowest BCUT2D eigenvalue weighted by molar-refractivity contribution is 0.0983. The van der Waals surface area contributed by atoms with Gasteiger partial charge in [-0.3, -0.25) is 9.59 Å². The molecule has 0 aromatic heterocycles. The van der Waals surface area contributed by atoms with E-state index in [1.54, 1.807) is 24.3 Å². The maximum absolute atomic E-state index is 12.5. The van der Waals surface area contributed by atoms with E-state index in [2.05, 4.69) is 27.7 Å². The van der Waals surface area contributed by atoms with Gasteiger partial charge < -0.3 is 48.1 Å². The first-order valence-electron chi connectivity index (χ1n) is 23.0. The number of phenols is 2. The number of carbonyl (C=O) groups is 2. The average Bonchev–Trinajstić information content (AvgIpc) is 3.31. The number of aromatic hydroxyl groups is 2.